The molecule has 4 nitrogen and oxygen atoms in total. The summed E-state index contributed by atoms with van der Waals surface area (Å²) in [6.45, 7) is 0. The molecule has 0 spiro atoms. The van der Waals surface area contributed by atoms with Gasteiger partial charge in [0, 0.05) is 12.4 Å². The number of hydrogen-bond acceptors (Lipinski definition) is 3. The van der Waals surface area contributed by atoms with Crippen molar-refractivity contribution < 1.29 is 4.79 Å². The summed E-state index contributed by atoms with van der Waals surface area (Å²) in [6.07, 6.45) is 5.17. The van der Waals surface area contributed by atoms with E-state index in [2.05, 4.69) is 4.98 Å². The van der Waals surface area contributed by atoms with Crippen LogP contribution in [0.25, 0.3) is 0 Å². The van der Waals surface area contributed by atoms with Crippen LogP contribution in [0, 0.1) is 0 Å². The molecule has 1 atom stereocenters. The molecule has 0 radical (unpaired) electrons. The van der Waals surface area contributed by atoms with E-state index in [0.717, 1.165) is 5.56 Å². The Bertz CT molecular complexity index is 450. The Kier molecular flexibility index (Phi) is 3.12. The highest BCUT2D eigenvalue weighted by molar-refractivity contribution is 5.84. The fourth-order valence-corrected chi connectivity index (χ4v) is 1.54. The molecule has 2 N–H and O–H groups in total. The molecule has 0 bridgehead atoms. The Hall–Kier alpha value is -1.94. The Labute approximate surface area is 93.7 Å². The van der Waals surface area contributed by atoms with Crippen molar-refractivity contribution in [2.45, 2.75) is 12.5 Å². The molecule has 1 heterocycles. The highest BCUT2D eigenvalue weighted by Crippen LogP contribution is 2.03. The van der Waals surface area contributed by atoms with Crippen LogP contribution in [0.3, 0.4) is 0 Å². The molecule has 1 aromatic carbocycles. The van der Waals surface area contributed by atoms with E-state index in [1.807, 2.05) is 30.3 Å². The second-order valence-corrected chi connectivity index (χ2v) is 3.60. The molecule has 1 aromatic heterocycles. The predicted octanol–water partition coefficient (Wildman–Crippen LogP) is 1.09. The van der Waals surface area contributed by atoms with E-state index in [4.69, 9.17) is 5.73 Å². The quantitative estimate of drug-likeness (QED) is 0.833. The Balaban J connectivity index is 2.04. The van der Waals surface area contributed by atoms with Gasteiger partial charge in [0.25, 0.3) is 0 Å². The van der Waals surface area contributed by atoms with Gasteiger partial charge in [-0.05, 0) is 12.0 Å². The zero-order valence-corrected chi connectivity index (χ0v) is 8.78. The van der Waals surface area contributed by atoms with E-state index >= 15 is 0 Å². The fourth-order valence-electron chi connectivity index (χ4n) is 1.54. The summed E-state index contributed by atoms with van der Waals surface area (Å²) in [7, 11) is 0. The summed E-state index contributed by atoms with van der Waals surface area (Å²) in [5.41, 5.74) is 6.90. The molecule has 0 aliphatic heterocycles. The molecule has 0 saturated heterocycles. The van der Waals surface area contributed by atoms with Gasteiger partial charge in [0.15, 0.2) is 0 Å². The minimum Gasteiger partial charge on any atom is -0.320 e. The first-order chi connectivity index (χ1) is 7.77. The van der Waals surface area contributed by atoms with Gasteiger partial charge in [0.1, 0.15) is 6.33 Å². The normalized spacial score (nSPS) is 12.3. The first-order valence-electron chi connectivity index (χ1n) is 5.09. The zero-order chi connectivity index (χ0) is 11.4. The summed E-state index contributed by atoms with van der Waals surface area (Å²) in [6, 6.07) is 9.19. The third-order valence-electron chi connectivity index (χ3n) is 2.37. The standard InChI is InChI=1S/C12H13N3O/c13-11(8-10-4-2-1-3-5-10)12(16)15-7-6-14-9-15/h1-7,9,11H,8,13H2. The van der Waals surface area contributed by atoms with Gasteiger partial charge in [-0.25, -0.2) is 4.98 Å². The molecule has 2 rings (SSSR count). The first-order valence-corrected chi connectivity index (χ1v) is 5.09. The van der Waals surface area contributed by atoms with E-state index in [1.54, 1.807) is 12.4 Å². The number of imidazole rings is 1. The third kappa shape index (κ3) is 2.35. The largest absolute Gasteiger partial charge is 0.320 e. The van der Waals surface area contributed by atoms with Gasteiger partial charge in [-0.1, -0.05) is 30.3 Å². The van der Waals surface area contributed by atoms with Gasteiger partial charge in [-0.3, -0.25) is 9.36 Å². The minimum absolute atomic E-state index is 0.138. The van der Waals surface area contributed by atoms with Crippen LogP contribution in [-0.4, -0.2) is 21.5 Å². The van der Waals surface area contributed by atoms with Crippen LogP contribution in [0.2, 0.25) is 0 Å². The lowest BCUT2D eigenvalue weighted by molar-refractivity contribution is 0.0879. The average molecular weight is 215 g/mol. The molecular weight excluding hydrogens is 202 g/mol. The average Bonchev–Trinajstić information content (AvgIpc) is 2.83. The van der Waals surface area contributed by atoms with Gasteiger partial charge in [0.2, 0.25) is 5.91 Å². The van der Waals surface area contributed by atoms with E-state index in [1.165, 1.54) is 10.9 Å². The van der Waals surface area contributed by atoms with Gasteiger partial charge in [-0.15, -0.1) is 0 Å². The maximum atomic E-state index is 11.8. The lowest BCUT2D eigenvalue weighted by atomic mass is 10.1. The van der Waals surface area contributed by atoms with E-state index in [-0.39, 0.29) is 5.91 Å². The molecule has 2 aromatic rings. The topological polar surface area (TPSA) is 60.9 Å². The SMILES string of the molecule is NC(Cc1ccccc1)C(=O)n1ccnc1. The van der Waals surface area contributed by atoms with Crippen molar-refractivity contribution in [3.63, 3.8) is 0 Å². The van der Waals surface area contributed by atoms with Crippen LogP contribution in [0.1, 0.15) is 10.4 Å². The van der Waals surface area contributed by atoms with Crippen molar-refractivity contribution in [1.29, 1.82) is 0 Å². The zero-order valence-electron chi connectivity index (χ0n) is 8.78. The monoisotopic (exact) mass is 215 g/mol. The van der Waals surface area contributed by atoms with Gasteiger partial charge < -0.3 is 5.73 Å². The number of carbonyl (C=O) groups is 1. The third-order valence-corrected chi connectivity index (χ3v) is 2.37. The lowest BCUT2D eigenvalue weighted by Crippen LogP contribution is -2.36. The van der Waals surface area contributed by atoms with Gasteiger partial charge in [0.05, 0.1) is 6.04 Å². The van der Waals surface area contributed by atoms with E-state index in [9.17, 15) is 4.79 Å². The number of nitrogens with zero attached hydrogens (tertiary/aromatic N) is 2. The second kappa shape index (κ2) is 4.72. The highest BCUT2D eigenvalue weighted by Gasteiger charge is 2.15. The second-order valence-electron chi connectivity index (χ2n) is 3.60. The molecule has 0 aliphatic carbocycles. The fraction of sp³-hybridized carbons (Fsp3) is 0.167. The lowest BCUT2D eigenvalue weighted by Gasteiger charge is -2.10. The van der Waals surface area contributed by atoms with Crippen molar-refractivity contribution >= 4 is 5.91 Å². The Morgan fingerprint density at radius 2 is 2.12 bits per heavy atom. The Morgan fingerprint density at radius 3 is 2.75 bits per heavy atom. The highest BCUT2D eigenvalue weighted by atomic mass is 16.2. The number of carbonyl (C=O) groups excluding carboxylic acids is 1. The van der Waals surface area contributed by atoms with Crippen molar-refractivity contribution in [2.75, 3.05) is 0 Å². The molecule has 0 saturated carbocycles. The molecule has 4 heteroatoms. The molecule has 0 fully saturated rings. The summed E-state index contributed by atoms with van der Waals surface area (Å²) >= 11 is 0. The molecule has 1 unspecified atom stereocenters. The number of benzene rings is 1. The predicted molar refractivity (Wildman–Crippen MR) is 61.0 cm³/mol. The smallest absolute Gasteiger partial charge is 0.249 e. The molecular formula is C12H13N3O. The van der Waals surface area contributed by atoms with Crippen LogP contribution in [-0.2, 0) is 6.42 Å². The molecule has 0 aliphatic rings. The van der Waals surface area contributed by atoms with Crippen molar-refractivity contribution in [2.24, 2.45) is 5.73 Å². The number of aromatic nitrogens is 2. The number of rotatable bonds is 3. The van der Waals surface area contributed by atoms with E-state index in [0.29, 0.717) is 6.42 Å². The van der Waals surface area contributed by atoms with Crippen LogP contribution < -0.4 is 5.73 Å². The van der Waals surface area contributed by atoms with Gasteiger partial charge in [-0.2, -0.15) is 0 Å². The number of hydrogen-bond donors (Lipinski definition) is 1. The summed E-state index contributed by atoms with van der Waals surface area (Å²) < 4.78 is 1.41. The van der Waals surface area contributed by atoms with Crippen LogP contribution in [0.4, 0.5) is 0 Å². The molecule has 0 amide bonds. The van der Waals surface area contributed by atoms with Crippen LogP contribution >= 0.6 is 0 Å². The summed E-state index contributed by atoms with van der Waals surface area (Å²) in [4.78, 5) is 15.6. The minimum atomic E-state index is -0.531. The van der Waals surface area contributed by atoms with Crippen molar-refractivity contribution in [3.05, 3.63) is 54.6 Å². The van der Waals surface area contributed by atoms with Crippen molar-refractivity contribution in [3.8, 4) is 0 Å². The van der Waals surface area contributed by atoms with E-state index < -0.39 is 6.04 Å². The molecule has 16 heavy (non-hydrogen) atoms. The van der Waals surface area contributed by atoms with Crippen LogP contribution in [0.15, 0.2) is 49.1 Å². The maximum Gasteiger partial charge on any atom is 0.249 e. The first kappa shape index (κ1) is 10.6. The molecule has 82 valence electrons. The summed E-state index contributed by atoms with van der Waals surface area (Å²) in [5.74, 6) is -0.138. The summed E-state index contributed by atoms with van der Waals surface area (Å²) in [5, 5.41) is 0. The van der Waals surface area contributed by atoms with Gasteiger partial charge >= 0.3 is 0 Å². The number of nitrogens with two attached hydrogens (primary N) is 1. The Morgan fingerprint density at radius 1 is 1.38 bits per heavy atom. The van der Waals surface area contributed by atoms with Crippen molar-refractivity contribution in [1.82, 2.24) is 9.55 Å². The van der Waals surface area contributed by atoms with Crippen LogP contribution in [0.5, 0.6) is 0 Å². The maximum absolute atomic E-state index is 11.8.